The Morgan fingerprint density at radius 2 is 2.13 bits per heavy atom. The molecule has 0 atom stereocenters. The molecule has 2 heterocycles. The summed E-state index contributed by atoms with van der Waals surface area (Å²) in [4.78, 5) is 15.1. The number of carbonyl (C=O) groups excluding carboxylic acids is 1. The molecule has 1 aliphatic rings. The number of aldehydes is 1. The second-order valence-corrected chi connectivity index (χ2v) is 3.62. The van der Waals surface area contributed by atoms with Gasteiger partial charge in [-0.1, -0.05) is 0 Å². The summed E-state index contributed by atoms with van der Waals surface area (Å²) in [7, 11) is 0. The number of aromatic nitrogens is 1. The zero-order chi connectivity index (χ0) is 9.80. The van der Waals surface area contributed by atoms with Crippen LogP contribution in [0, 0.1) is 0 Å². The van der Waals surface area contributed by atoms with Crippen molar-refractivity contribution in [2.24, 2.45) is 0 Å². The van der Waals surface area contributed by atoms with Crippen LogP contribution in [-0.4, -0.2) is 24.4 Å². The first kappa shape index (κ1) is 12.1. The van der Waals surface area contributed by atoms with E-state index in [2.05, 4.69) is 10.3 Å². The van der Waals surface area contributed by atoms with Crippen LogP contribution >= 0.6 is 12.4 Å². The fourth-order valence-electron chi connectivity index (χ4n) is 1.97. The van der Waals surface area contributed by atoms with Gasteiger partial charge in [-0.3, -0.25) is 9.78 Å². The van der Waals surface area contributed by atoms with Crippen molar-refractivity contribution in [2.45, 2.75) is 18.8 Å². The van der Waals surface area contributed by atoms with E-state index in [0.29, 0.717) is 5.92 Å². The van der Waals surface area contributed by atoms with Crippen molar-refractivity contribution in [3.63, 3.8) is 0 Å². The molecular formula is C11H15ClN2O. The van der Waals surface area contributed by atoms with Crippen LogP contribution in [0.15, 0.2) is 18.3 Å². The minimum absolute atomic E-state index is 0. The Balaban J connectivity index is 0.00000112. The molecule has 2 rings (SSSR count). The molecule has 0 radical (unpaired) electrons. The molecule has 0 spiro atoms. The van der Waals surface area contributed by atoms with Gasteiger partial charge in [-0.2, -0.15) is 0 Å². The number of rotatable bonds is 2. The van der Waals surface area contributed by atoms with Crippen molar-refractivity contribution in [1.82, 2.24) is 10.3 Å². The molecular weight excluding hydrogens is 212 g/mol. The van der Waals surface area contributed by atoms with Crippen molar-refractivity contribution in [1.29, 1.82) is 0 Å². The van der Waals surface area contributed by atoms with Crippen LogP contribution in [0.2, 0.25) is 0 Å². The van der Waals surface area contributed by atoms with Gasteiger partial charge in [-0.05, 0) is 38.1 Å². The lowest BCUT2D eigenvalue weighted by Crippen LogP contribution is -2.27. The third-order valence-corrected chi connectivity index (χ3v) is 2.72. The summed E-state index contributed by atoms with van der Waals surface area (Å²) in [5.41, 5.74) is 1.73. The van der Waals surface area contributed by atoms with E-state index in [1.54, 1.807) is 6.20 Å². The number of hydrogen-bond donors (Lipinski definition) is 1. The molecule has 1 N–H and O–H groups in total. The van der Waals surface area contributed by atoms with Crippen LogP contribution in [0.3, 0.4) is 0 Å². The van der Waals surface area contributed by atoms with E-state index in [1.807, 2.05) is 12.1 Å². The van der Waals surface area contributed by atoms with Gasteiger partial charge in [0, 0.05) is 17.7 Å². The SMILES string of the molecule is Cl.O=Cc1cccnc1C1CCNCC1. The zero-order valence-corrected chi connectivity index (χ0v) is 9.30. The van der Waals surface area contributed by atoms with Crippen LogP contribution in [0.4, 0.5) is 0 Å². The molecule has 0 saturated carbocycles. The molecule has 0 amide bonds. The van der Waals surface area contributed by atoms with Crippen LogP contribution in [0.5, 0.6) is 0 Å². The van der Waals surface area contributed by atoms with Gasteiger partial charge in [0.2, 0.25) is 0 Å². The Bertz CT molecular complexity index is 324. The molecule has 3 nitrogen and oxygen atoms in total. The first-order valence-electron chi connectivity index (χ1n) is 5.02. The number of hydrogen-bond acceptors (Lipinski definition) is 3. The van der Waals surface area contributed by atoms with Gasteiger partial charge in [0.05, 0.1) is 5.69 Å². The maximum absolute atomic E-state index is 10.8. The molecule has 1 aliphatic heterocycles. The Morgan fingerprint density at radius 3 is 2.80 bits per heavy atom. The van der Waals surface area contributed by atoms with E-state index in [1.165, 1.54) is 0 Å². The monoisotopic (exact) mass is 226 g/mol. The molecule has 1 aromatic rings. The molecule has 82 valence electrons. The average Bonchev–Trinajstić information content (AvgIpc) is 2.30. The Labute approximate surface area is 95.7 Å². The molecule has 0 aromatic carbocycles. The highest BCUT2D eigenvalue weighted by atomic mass is 35.5. The molecule has 1 saturated heterocycles. The van der Waals surface area contributed by atoms with Crippen LogP contribution in [0.25, 0.3) is 0 Å². The third kappa shape index (κ3) is 2.76. The fourth-order valence-corrected chi connectivity index (χ4v) is 1.97. The standard InChI is InChI=1S/C11H14N2O.ClH/c14-8-10-2-1-5-13-11(10)9-3-6-12-7-4-9;/h1-2,5,8-9,12H,3-4,6-7H2;1H. The Hall–Kier alpha value is -0.930. The summed E-state index contributed by atoms with van der Waals surface area (Å²) in [6.07, 6.45) is 4.84. The fraction of sp³-hybridized carbons (Fsp3) is 0.455. The van der Waals surface area contributed by atoms with Crippen molar-refractivity contribution < 1.29 is 4.79 Å². The van der Waals surface area contributed by atoms with Crippen LogP contribution < -0.4 is 5.32 Å². The van der Waals surface area contributed by atoms with Gasteiger partial charge < -0.3 is 5.32 Å². The normalized spacial score (nSPS) is 16.8. The number of nitrogens with zero attached hydrogens (tertiary/aromatic N) is 1. The highest BCUT2D eigenvalue weighted by Gasteiger charge is 2.18. The summed E-state index contributed by atoms with van der Waals surface area (Å²) in [5, 5.41) is 3.31. The van der Waals surface area contributed by atoms with E-state index in [-0.39, 0.29) is 12.4 Å². The third-order valence-electron chi connectivity index (χ3n) is 2.72. The molecule has 1 fully saturated rings. The maximum atomic E-state index is 10.8. The maximum Gasteiger partial charge on any atom is 0.151 e. The van der Waals surface area contributed by atoms with E-state index in [0.717, 1.165) is 43.5 Å². The Kier molecular flexibility index (Phi) is 4.72. The number of carbonyl (C=O) groups is 1. The average molecular weight is 227 g/mol. The van der Waals surface area contributed by atoms with Gasteiger partial charge >= 0.3 is 0 Å². The minimum Gasteiger partial charge on any atom is -0.317 e. The van der Waals surface area contributed by atoms with Gasteiger partial charge in [-0.25, -0.2) is 0 Å². The van der Waals surface area contributed by atoms with Crippen molar-refractivity contribution in [3.05, 3.63) is 29.6 Å². The molecule has 15 heavy (non-hydrogen) atoms. The highest BCUT2D eigenvalue weighted by molar-refractivity contribution is 5.85. The number of halogens is 1. The lowest BCUT2D eigenvalue weighted by Gasteiger charge is -2.22. The van der Waals surface area contributed by atoms with Crippen molar-refractivity contribution >= 4 is 18.7 Å². The van der Waals surface area contributed by atoms with E-state index >= 15 is 0 Å². The lowest BCUT2D eigenvalue weighted by molar-refractivity contribution is 0.112. The molecule has 1 aromatic heterocycles. The molecule has 4 heteroatoms. The quantitative estimate of drug-likeness (QED) is 0.782. The molecule has 0 bridgehead atoms. The Morgan fingerprint density at radius 1 is 1.40 bits per heavy atom. The van der Waals surface area contributed by atoms with Gasteiger partial charge in [0.1, 0.15) is 0 Å². The van der Waals surface area contributed by atoms with E-state index in [4.69, 9.17) is 0 Å². The largest absolute Gasteiger partial charge is 0.317 e. The summed E-state index contributed by atoms with van der Waals surface area (Å²) in [6.45, 7) is 2.05. The summed E-state index contributed by atoms with van der Waals surface area (Å²) >= 11 is 0. The highest BCUT2D eigenvalue weighted by Crippen LogP contribution is 2.25. The molecule has 0 aliphatic carbocycles. The number of nitrogens with one attached hydrogen (secondary N) is 1. The smallest absolute Gasteiger partial charge is 0.151 e. The van der Waals surface area contributed by atoms with Gasteiger partial charge in [0.25, 0.3) is 0 Å². The topological polar surface area (TPSA) is 42.0 Å². The number of piperidine rings is 1. The first-order chi connectivity index (χ1) is 6.92. The summed E-state index contributed by atoms with van der Waals surface area (Å²) in [6, 6.07) is 3.66. The lowest BCUT2D eigenvalue weighted by atomic mass is 9.91. The zero-order valence-electron chi connectivity index (χ0n) is 8.48. The summed E-state index contributed by atoms with van der Waals surface area (Å²) in [5.74, 6) is 0.456. The van der Waals surface area contributed by atoms with Crippen molar-refractivity contribution in [2.75, 3.05) is 13.1 Å². The van der Waals surface area contributed by atoms with Crippen molar-refractivity contribution in [3.8, 4) is 0 Å². The second kappa shape index (κ2) is 5.83. The summed E-state index contributed by atoms with van der Waals surface area (Å²) < 4.78 is 0. The first-order valence-corrected chi connectivity index (χ1v) is 5.02. The number of pyridine rings is 1. The van der Waals surface area contributed by atoms with Gasteiger partial charge in [0.15, 0.2) is 6.29 Å². The van der Waals surface area contributed by atoms with Crippen LogP contribution in [-0.2, 0) is 0 Å². The van der Waals surface area contributed by atoms with Gasteiger partial charge in [-0.15, -0.1) is 12.4 Å². The van der Waals surface area contributed by atoms with E-state index in [9.17, 15) is 4.79 Å². The molecule has 0 unspecified atom stereocenters. The second-order valence-electron chi connectivity index (χ2n) is 3.62. The predicted molar refractivity (Wildman–Crippen MR) is 61.7 cm³/mol. The van der Waals surface area contributed by atoms with E-state index < -0.39 is 0 Å². The minimum atomic E-state index is 0. The predicted octanol–water partition coefficient (Wildman–Crippen LogP) is 1.78. The van der Waals surface area contributed by atoms with Crippen LogP contribution in [0.1, 0.15) is 34.8 Å².